The van der Waals surface area contributed by atoms with E-state index in [-0.39, 0.29) is 31.8 Å². The van der Waals surface area contributed by atoms with Crippen LogP contribution in [0.2, 0.25) is 0 Å². The van der Waals surface area contributed by atoms with Gasteiger partial charge in [0.25, 0.3) is 0 Å². The van der Waals surface area contributed by atoms with E-state index in [0.29, 0.717) is 12.8 Å². The van der Waals surface area contributed by atoms with Crippen LogP contribution < -0.4 is 5.32 Å². The van der Waals surface area contributed by atoms with Crippen molar-refractivity contribution >= 4 is 6.09 Å². The summed E-state index contributed by atoms with van der Waals surface area (Å²) in [6, 6.07) is 4.76. The number of hydrogen-bond acceptors (Lipinski definition) is 7. The molecule has 0 bridgehead atoms. The van der Waals surface area contributed by atoms with Crippen LogP contribution in [0.25, 0.3) is 0 Å². The van der Waals surface area contributed by atoms with Gasteiger partial charge in [-0.05, 0) is 30.9 Å². The van der Waals surface area contributed by atoms with E-state index in [2.05, 4.69) is 10.3 Å². The monoisotopic (exact) mass is 352 g/mol. The van der Waals surface area contributed by atoms with Gasteiger partial charge in [0.15, 0.2) is 0 Å². The van der Waals surface area contributed by atoms with Crippen molar-refractivity contribution in [1.82, 2.24) is 10.3 Å². The fraction of sp³-hybridized carbons (Fsp3) is 0.647. The first-order chi connectivity index (χ1) is 12.0. The lowest BCUT2D eigenvalue weighted by Gasteiger charge is -2.41. The number of aliphatic hydroxyl groups excluding tert-OH is 1. The average molecular weight is 352 g/mol. The third-order valence-corrected chi connectivity index (χ3v) is 4.98. The highest BCUT2D eigenvalue weighted by Crippen LogP contribution is 2.46. The summed E-state index contributed by atoms with van der Waals surface area (Å²) in [5, 5.41) is 23.9. The van der Waals surface area contributed by atoms with Gasteiger partial charge >= 0.3 is 6.09 Å². The molecule has 5 atom stereocenters. The molecule has 3 rings (SSSR count). The van der Waals surface area contributed by atoms with Crippen molar-refractivity contribution in [3.05, 3.63) is 30.1 Å². The Labute approximate surface area is 146 Å². The van der Waals surface area contributed by atoms with E-state index in [4.69, 9.17) is 14.2 Å². The molecule has 3 N–H and O–H groups in total. The van der Waals surface area contributed by atoms with Crippen LogP contribution in [-0.4, -0.2) is 66.0 Å². The molecule has 8 nitrogen and oxygen atoms in total. The molecule has 1 aliphatic carbocycles. The third kappa shape index (κ3) is 3.77. The van der Waals surface area contributed by atoms with Crippen LogP contribution in [0.3, 0.4) is 0 Å². The van der Waals surface area contributed by atoms with Crippen molar-refractivity contribution in [3.63, 3.8) is 0 Å². The minimum Gasteiger partial charge on any atom is -0.447 e. The minimum absolute atomic E-state index is 0.0129. The Kier molecular flexibility index (Phi) is 5.53. The number of alkyl carbamates (subject to hydrolysis) is 1. The number of carbonyl (C=O) groups excluding carboxylic acids is 1. The number of hydrogen-bond donors (Lipinski definition) is 3. The van der Waals surface area contributed by atoms with Crippen LogP contribution in [-0.2, 0) is 14.2 Å². The lowest BCUT2D eigenvalue weighted by Crippen LogP contribution is -2.59. The zero-order valence-electron chi connectivity index (χ0n) is 14.1. The molecular formula is C17H24N2O6. The number of pyridine rings is 1. The van der Waals surface area contributed by atoms with Gasteiger partial charge in [-0.1, -0.05) is 6.07 Å². The standard InChI is InChI=1S/C17H24N2O6/c1-23-6-7-24-16(21)19-15-13(20)8-11-9-14(25-10-17(11,15)22)12-4-2-3-5-18-12/h2-5,11,13-15,20,22H,6-10H2,1H3,(H,19,21)/t11-,13+,14-,15-,17-/m1/s1. The van der Waals surface area contributed by atoms with Crippen molar-refractivity contribution in [3.8, 4) is 0 Å². The molecule has 8 heteroatoms. The normalized spacial score (nSPS) is 34.4. The molecule has 25 heavy (non-hydrogen) atoms. The summed E-state index contributed by atoms with van der Waals surface area (Å²) in [5.41, 5.74) is -0.528. The third-order valence-electron chi connectivity index (χ3n) is 4.98. The molecule has 2 aliphatic rings. The molecule has 2 fully saturated rings. The average Bonchev–Trinajstić information content (AvgIpc) is 2.86. The molecule has 1 aromatic rings. The lowest BCUT2D eigenvalue weighted by molar-refractivity contribution is -0.156. The number of rotatable bonds is 5. The van der Waals surface area contributed by atoms with Crippen LogP contribution in [0, 0.1) is 5.92 Å². The maximum Gasteiger partial charge on any atom is 0.407 e. The summed E-state index contributed by atoms with van der Waals surface area (Å²) < 4.78 is 15.6. The zero-order valence-corrected chi connectivity index (χ0v) is 14.1. The van der Waals surface area contributed by atoms with Gasteiger partial charge in [-0.15, -0.1) is 0 Å². The van der Waals surface area contributed by atoms with E-state index in [1.54, 1.807) is 6.20 Å². The second-order valence-electron chi connectivity index (χ2n) is 6.53. The first-order valence-electron chi connectivity index (χ1n) is 8.40. The smallest absolute Gasteiger partial charge is 0.407 e. The summed E-state index contributed by atoms with van der Waals surface area (Å²) in [6.07, 6.45) is 0.820. The van der Waals surface area contributed by atoms with E-state index in [1.165, 1.54) is 7.11 Å². The van der Waals surface area contributed by atoms with E-state index >= 15 is 0 Å². The van der Waals surface area contributed by atoms with Gasteiger partial charge in [0, 0.05) is 13.3 Å². The number of nitrogens with zero attached hydrogens (tertiary/aromatic N) is 1. The predicted octanol–water partition coefficient (Wildman–Crippen LogP) is 0.396. The van der Waals surface area contributed by atoms with Gasteiger partial charge < -0.3 is 29.7 Å². The Morgan fingerprint density at radius 1 is 1.44 bits per heavy atom. The number of aliphatic hydroxyl groups is 2. The predicted molar refractivity (Wildman–Crippen MR) is 86.8 cm³/mol. The van der Waals surface area contributed by atoms with Crippen molar-refractivity contribution in [2.45, 2.75) is 36.7 Å². The van der Waals surface area contributed by atoms with Crippen LogP contribution in [0.1, 0.15) is 24.6 Å². The Balaban J connectivity index is 1.64. The number of nitrogens with one attached hydrogen (secondary N) is 1. The van der Waals surface area contributed by atoms with Crippen LogP contribution in [0.15, 0.2) is 24.4 Å². The fourth-order valence-electron chi connectivity index (χ4n) is 3.67. The zero-order chi connectivity index (χ0) is 17.9. The van der Waals surface area contributed by atoms with E-state index in [0.717, 1.165) is 5.69 Å². The van der Waals surface area contributed by atoms with Gasteiger partial charge in [0.05, 0.1) is 37.2 Å². The van der Waals surface area contributed by atoms with Crippen molar-refractivity contribution in [2.75, 3.05) is 26.9 Å². The van der Waals surface area contributed by atoms with E-state index in [9.17, 15) is 15.0 Å². The summed E-state index contributed by atoms with van der Waals surface area (Å²) in [7, 11) is 1.51. The van der Waals surface area contributed by atoms with E-state index in [1.807, 2.05) is 18.2 Å². The van der Waals surface area contributed by atoms with Crippen LogP contribution >= 0.6 is 0 Å². The largest absolute Gasteiger partial charge is 0.447 e. The van der Waals surface area contributed by atoms with Crippen LogP contribution in [0.4, 0.5) is 4.79 Å². The summed E-state index contributed by atoms with van der Waals surface area (Å²) in [6.45, 7) is 0.395. The highest BCUT2D eigenvalue weighted by atomic mass is 16.6. The maximum absolute atomic E-state index is 11.9. The molecule has 0 radical (unpaired) electrons. The Morgan fingerprint density at radius 2 is 2.28 bits per heavy atom. The second-order valence-corrected chi connectivity index (χ2v) is 6.53. The van der Waals surface area contributed by atoms with Gasteiger partial charge in [0.1, 0.15) is 12.2 Å². The highest BCUT2D eigenvalue weighted by molar-refractivity contribution is 5.68. The molecule has 0 unspecified atom stereocenters. The molecule has 2 heterocycles. The number of ether oxygens (including phenoxy) is 3. The first-order valence-corrected chi connectivity index (χ1v) is 8.40. The number of methoxy groups -OCH3 is 1. The molecule has 138 valence electrons. The van der Waals surface area contributed by atoms with E-state index < -0.39 is 23.8 Å². The SMILES string of the molecule is COCCOC(=O)N[C@@H]1[C@@H](O)C[C@@H]2C[C@H](c3ccccn3)OC[C@@]21O. The van der Waals surface area contributed by atoms with Crippen LogP contribution in [0.5, 0.6) is 0 Å². The molecule has 1 aromatic heterocycles. The number of carbonyl (C=O) groups is 1. The topological polar surface area (TPSA) is 110 Å². The fourth-order valence-corrected chi connectivity index (χ4v) is 3.67. The molecule has 1 aliphatic heterocycles. The molecule has 1 saturated heterocycles. The summed E-state index contributed by atoms with van der Waals surface area (Å²) >= 11 is 0. The van der Waals surface area contributed by atoms with Crippen molar-refractivity contribution in [1.29, 1.82) is 0 Å². The first kappa shape index (κ1) is 18.1. The van der Waals surface area contributed by atoms with Gasteiger partial charge in [-0.2, -0.15) is 0 Å². The summed E-state index contributed by atoms with van der Waals surface area (Å²) in [5.74, 6) is -0.201. The molecule has 1 saturated carbocycles. The number of fused-ring (bicyclic) bond motifs is 1. The number of amides is 1. The van der Waals surface area contributed by atoms with Gasteiger partial charge in [0.2, 0.25) is 0 Å². The summed E-state index contributed by atoms with van der Waals surface area (Å²) in [4.78, 5) is 16.2. The molecule has 0 spiro atoms. The Bertz CT molecular complexity index is 586. The minimum atomic E-state index is -1.33. The Hall–Kier alpha value is -1.74. The highest BCUT2D eigenvalue weighted by Gasteiger charge is 2.57. The van der Waals surface area contributed by atoms with Gasteiger partial charge in [-0.3, -0.25) is 4.98 Å². The maximum atomic E-state index is 11.9. The van der Waals surface area contributed by atoms with Gasteiger partial charge in [-0.25, -0.2) is 4.79 Å². The molecular weight excluding hydrogens is 328 g/mol. The molecule has 0 aromatic carbocycles. The van der Waals surface area contributed by atoms with Crippen molar-refractivity contribution in [2.24, 2.45) is 5.92 Å². The molecule has 1 amide bonds. The Morgan fingerprint density at radius 3 is 3.00 bits per heavy atom. The second kappa shape index (κ2) is 7.65. The number of aromatic nitrogens is 1. The quantitative estimate of drug-likeness (QED) is 0.658. The lowest BCUT2D eigenvalue weighted by atomic mass is 9.82. The van der Waals surface area contributed by atoms with Crippen molar-refractivity contribution < 1.29 is 29.2 Å².